The Morgan fingerprint density at radius 2 is 1.59 bits per heavy atom. The van der Waals surface area contributed by atoms with Crippen LogP contribution in [0.2, 0.25) is 15.2 Å². The number of nitrogens with one attached hydrogen (secondary N) is 1. The number of halogens is 3. The first-order chi connectivity index (χ1) is 17.2. The van der Waals surface area contributed by atoms with Crippen LogP contribution in [0.15, 0.2) is 28.0 Å². The lowest BCUT2D eigenvalue weighted by Gasteiger charge is -2.32. The van der Waals surface area contributed by atoms with Crippen molar-refractivity contribution in [3.63, 3.8) is 0 Å². The molecule has 2 heterocycles. The molecular weight excluding hydrogens is 587 g/mol. The third kappa shape index (κ3) is 5.37. The fourth-order valence-corrected chi connectivity index (χ4v) is 8.93. The number of sulfonamides is 2. The summed E-state index contributed by atoms with van der Waals surface area (Å²) in [4.78, 5) is 13.1. The topological polar surface area (TPSA) is 148 Å². The van der Waals surface area contributed by atoms with E-state index in [0.29, 0.717) is 25.7 Å². The van der Waals surface area contributed by atoms with Crippen LogP contribution in [0.3, 0.4) is 0 Å². The van der Waals surface area contributed by atoms with Crippen LogP contribution in [0.1, 0.15) is 31.4 Å². The van der Waals surface area contributed by atoms with Gasteiger partial charge < -0.3 is 11.1 Å². The Labute approximate surface area is 230 Å². The molecule has 2 aliphatic rings. The van der Waals surface area contributed by atoms with E-state index in [0.717, 1.165) is 14.7 Å². The summed E-state index contributed by atoms with van der Waals surface area (Å²) in [5.74, 6) is -0.761. The molecule has 11 nitrogen and oxygen atoms in total. The molecule has 2 aromatic rings. The Bertz CT molecular complexity index is 1420. The highest BCUT2D eigenvalue weighted by atomic mass is 35.5. The number of aromatic nitrogens is 2. The van der Waals surface area contributed by atoms with Crippen LogP contribution in [-0.2, 0) is 31.9 Å². The number of hydrogen-bond acceptors (Lipinski definition) is 7. The predicted octanol–water partition coefficient (Wildman–Crippen LogP) is 2.10. The maximum absolute atomic E-state index is 13.8. The predicted molar refractivity (Wildman–Crippen MR) is 139 cm³/mol. The summed E-state index contributed by atoms with van der Waals surface area (Å²) in [6, 6.07) is 3.49. The zero-order valence-corrected chi connectivity index (χ0v) is 24.0. The summed E-state index contributed by atoms with van der Waals surface area (Å²) >= 11 is 18.3. The molecule has 1 aliphatic carbocycles. The second-order valence-electron chi connectivity index (χ2n) is 9.13. The quantitative estimate of drug-likeness (QED) is 0.507. The molecule has 0 spiro atoms. The first-order valence-corrected chi connectivity index (χ1v) is 15.5. The zero-order chi connectivity index (χ0) is 27.3. The van der Waals surface area contributed by atoms with Gasteiger partial charge in [-0.2, -0.15) is 13.7 Å². The molecule has 0 bridgehead atoms. The lowest BCUT2D eigenvalue weighted by molar-refractivity contribution is -0.127. The normalized spacial score (nSPS) is 23.9. The molecule has 0 radical (unpaired) electrons. The number of aryl methyl sites for hydroxylation is 2. The monoisotopic (exact) mass is 612 g/mol. The molecule has 1 amide bonds. The zero-order valence-electron chi connectivity index (χ0n) is 20.1. The van der Waals surface area contributed by atoms with Crippen molar-refractivity contribution in [2.24, 2.45) is 12.8 Å². The van der Waals surface area contributed by atoms with Gasteiger partial charge >= 0.3 is 0 Å². The molecule has 3 N–H and O–H groups in total. The molecular formula is C21H27Cl3N6O5S2. The Hall–Kier alpha value is -1.45. The maximum atomic E-state index is 13.8. The van der Waals surface area contributed by atoms with Crippen LogP contribution in [0.4, 0.5) is 0 Å². The highest BCUT2D eigenvalue weighted by Crippen LogP contribution is 2.35. The van der Waals surface area contributed by atoms with E-state index < -0.39 is 32.1 Å². The maximum Gasteiger partial charge on any atom is 0.254 e. The van der Waals surface area contributed by atoms with Crippen molar-refractivity contribution in [1.82, 2.24) is 23.7 Å². The molecule has 2 fully saturated rings. The van der Waals surface area contributed by atoms with Gasteiger partial charge in [-0.3, -0.25) is 9.48 Å². The van der Waals surface area contributed by atoms with E-state index in [4.69, 9.17) is 40.5 Å². The highest BCUT2D eigenvalue weighted by Gasteiger charge is 2.51. The average molecular weight is 614 g/mol. The van der Waals surface area contributed by atoms with Crippen molar-refractivity contribution in [2.75, 3.05) is 13.1 Å². The van der Waals surface area contributed by atoms with E-state index in [2.05, 4.69) is 10.4 Å². The third-order valence-corrected chi connectivity index (χ3v) is 11.7. The van der Waals surface area contributed by atoms with Crippen LogP contribution in [0.5, 0.6) is 0 Å². The van der Waals surface area contributed by atoms with Gasteiger partial charge in [0, 0.05) is 32.2 Å². The molecule has 1 aliphatic heterocycles. The van der Waals surface area contributed by atoms with Crippen LogP contribution in [0, 0.1) is 6.92 Å². The minimum Gasteiger partial charge on any atom is -0.351 e. The Morgan fingerprint density at radius 1 is 1.00 bits per heavy atom. The van der Waals surface area contributed by atoms with Gasteiger partial charge in [-0.05, 0) is 50.8 Å². The fourth-order valence-electron chi connectivity index (χ4n) is 4.68. The minimum absolute atomic E-state index is 0.00345. The van der Waals surface area contributed by atoms with Crippen molar-refractivity contribution in [2.45, 2.75) is 60.6 Å². The molecule has 1 saturated carbocycles. The van der Waals surface area contributed by atoms with Gasteiger partial charge in [0.15, 0.2) is 6.17 Å². The Balaban J connectivity index is 1.76. The number of amides is 1. The fraction of sp³-hybridized carbons (Fsp3) is 0.524. The third-order valence-electron chi connectivity index (χ3n) is 6.60. The van der Waals surface area contributed by atoms with Gasteiger partial charge in [0.1, 0.15) is 10.0 Å². The first-order valence-electron chi connectivity index (χ1n) is 11.5. The highest BCUT2D eigenvalue weighted by molar-refractivity contribution is 7.90. The molecule has 16 heteroatoms. The Kier molecular flexibility index (Phi) is 8.19. The van der Waals surface area contributed by atoms with E-state index in [1.54, 1.807) is 0 Å². The summed E-state index contributed by atoms with van der Waals surface area (Å²) in [5.41, 5.74) is 6.09. The summed E-state index contributed by atoms with van der Waals surface area (Å²) in [6.07, 6.45) is 0.871. The molecule has 4 rings (SSSR count). The lowest BCUT2D eigenvalue weighted by Crippen LogP contribution is -2.56. The molecule has 1 aromatic carbocycles. The van der Waals surface area contributed by atoms with Crippen molar-refractivity contribution in [1.29, 1.82) is 0 Å². The number of nitrogens with two attached hydrogens (primary N) is 1. The number of carbonyl (C=O) groups excluding carboxylic acids is 1. The first kappa shape index (κ1) is 28.6. The number of hydrogen-bond donors (Lipinski definition) is 2. The van der Waals surface area contributed by atoms with E-state index in [9.17, 15) is 21.6 Å². The van der Waals surface area contributed by atoms with Gasteiger partial charge in [0.05, 0.1) is 20.6 Å². The standard InChI is InChI=1S/C21H27Cl3N6O5S2/c1-12-18(19(24)28(2)27-12)37(34,35)30-10-9-29(36(32,33)15-7-8-16(22)17(23)11-15)21(30)20(31)26-14-5-3-13(25)4-6-14/h7-8,11,13-14,21H,3-6,9-10,25H2,1-2H3,(H,26,31). The van der Waals surface area contributed by atoms with Crippen LogP contribution in [0.25, 0.3) is 0 Å². The van der Waals surface area contributed by atoms with Crippen molar-refractivity contribution in [3.05, 3.63) is 39.1 Å². The molecule has 1 atom stereocenters. The number of nitrogens with zero attached hydrogens (tertiary/aromatic N) is 4. The average Bonchev–Trinajstić information content (AvgIpc) is 3.39. The van der Waals surface area contributed by atoms with Gasteiger partial charge in [-0.1, -0.05) is 34.8 Å². The number of carbonyl (C=O) groups is 1. The second kappa shape index (κ2) is 10.6. The van der Waals surface area contributed by atoms with Crippen LogP contribution >= 0.6 is 34.8 Å². The smallest absolute Gasteiger partial charge is 0.254 e. The lowest BCUT2D eigenvalue weighted by atomic mass is 9.92. The Morgan fingerprint density at radius 3 is 2.14 bits per heavy atom. The molecule has 204 valence electrons. The summed E-state index contributed by atoms with van der Waals surface area (Å²) in [6.45, 7) is 0.924. The second-order valence-corrected chi connectivity index (χ2v) is 14.0. The number of benzene rings is 1. The van der Waals surface area contributed by atoms with Gasteiger partial charge in [-0.15, -0.1) is 0 Å². The summed E-state index contributed by atoms with van der Waals surface area (Å²) in [7, 11) is -7.31. The SMILES string of the molecule is Cc1nn(C)c(Cl)c1S(=O)(=O)N1CCN(S(=O)(=O)c2ccc(Cl)c(Cl)c2)C1C(=O)NC1CCC(N)CC1. The van der Waals surface area contributed by atoms with E-state index in [-0.39, 0.29) is 55.9 Å². The molecule has 1 unspecified atom stereocenters. The minimum atomic E-state index is -4.43. The van der Waals surface area contributed by atoms with E-state index in [1.165, 1.54) is 30.8 Å². The van der Waals surface area contributed by atoms with Gasteiger partial charge in [-0.25, -0.2) is 16.8 Å². The van der Waals surface area contributed by atoms with E-state index >= 15 is 0 Å². The molecule has 37 heavy (non-hydrogen) atoms. The van der Waals surface area contributed by atoms with Crippen molar-refractivity contribution < 1.29 is 21.6 Å². The van der Waals surface area contributed by atoms with Crippen molar-refractivity contribution in [3.8, 4) is 0 Å². The number of rotatable bonds is 6. The van der Waals surface area contributed by atoms with Crippen LogP contribution in [-0.4, -0.2) is 72.5 Å². The summed E-state index contributed by atoms with van der Waals surface area (Å²) < 4.78 is 57.8. The van der Waals surface area contributed by atoms with Gasteiger partial charge in [0.25, 0.3) is 5.91 Å². The van der Waals surface area contributed by atoms with E-state index in [1.807, 2.05) is 0 Å². The summed E-state index contributed by atoms with van der Waals surface area (Å²) in [5, 5.41) is 6.90. The largest absolute Gasteiger partial charge is 0.351 e. The van der Waals surface area contributed by atoms with Crippen molar-refractivity contribution >= 4 is 60.8 Å². The van der Waals surface area contributed by atoms with Crippen LogP contribution < -0.4 is 11.1 Å². The van der Waals surface area contributed by atoms with Gasteiger partial charge in [0.2, 0.25) is 20.0 Å². The molecule has 1 saturated heterocycles. The molecule has 1 aromatic heterocycles.